The van der Waals surface area contributed by atoms with Gasteiger partial charge in [-0.25, -0.2) is 0 Å². The van der Waals surface area contributed by atoms with Crippen LogP contribution in [-0.4, -0.2) is 22.4 Å². The van der Waals surface area contributed by atoms with E-state index in [9.17, 15) is 10.2 Å². The topological polar surface area (TPSA) is 40.5 Å². The molecule has 2 saturated carbocycles. The molecular weight excluding hydrogens is 248 g/mol. The SMILES string of the molecule is CC[C@@H](C1CCC(O)CC1)[C@@H](CC)C1CCC(O)CC1. The van der Waals surface area contributed by atoms with E-state index in [2.05, 4.69) is 13.8 Å². The van der Waals surface area contributed by atoms with Gasteiger partial charge in [0.15, 0.2) is 0 Å². The van der Waals surface area contributed by atoms with Gasteiger partial charge in [-0.05, 0) is 75.0 Å². The minimum Gasteiger partial charge on any atom is -0.393 e. The number of rotatable bonds is 5. The predicted octanol–water partition coefficient (Wildman–Crippen LogP) is 4.14. The first-order valence-corrected chi connectivity index (χ1v) is 9.01. The summed E-state index contributed by atoms with van der Waals surface area (Å²) in [6.07, 6.45) is 11.5. The molecule has 118 valence electrons. The summed E-state index contributed by atoms with van der Waals surface area (Å²) in [7, 11) is 0. The Morgan fingerprint density at radius 1 is 0.650 bits per heavy atom. The van der Waals surface area contributed by atoms with Gasteiger partial charge in [0.25, 0.3) is 0 Å². The molecule has 0 bridgehead atoms. The van der Waals surface area contributed by atoms with Crippen molar-refractivity contribution in [1.29, 1.82) is 0 Å². The highest BCUT2D eigenvalue weighted by Gasteiger charge is 2.35. The molecule has 0 amide bonds. The average Bonchev–Trinajstić information content (AvgIpc) is 2.47. The van der Waals surface area contributed by atoms with Gasteiger partial charge in [-0.3, -0.25) is 0 Å². The van der Waals surface area contributed by atoms with Crippen molar-refractivity contribution in [2.45, 2.75) is 90.3 Å². The molecule has 0 unspecified atom stereocenters. The van der Waals surface area contributed by atoms with Crippen LogP contribution in [0.1, 0.15) is 78.1 Å². The van der Waals surface area contributed by atoms with Crippen LogP contribution in [0, 0.1) is 23.7 Å². The summed E-state index contributed by atoms with van der Waals surface area (Å²) >= 11 is 0. The van der Waals surface area contributed by atoms with Gasteiger partial charge in [-0.15, -0.1) is 0 Å². The van der Waals surface area contributed by atoms with Crippen LogP contribution in [-0.2, 0) is 0 Å². The molecule has 2 N–H and O–H groups in total. The molecule has 0 aromatic heterocycles. The maximum absolute atomic E-state index is 9.73. The Labute approximate surface area is 125 Å². The Hall–Kier alpha value is -0.0800. The normalized spacial score (nSPS) is 38.4. The van der Waals surface area contributed by atoms with Crippen LogP contribution in [0.15, 0.2) is 0 Å². The summed E-state index contributed by atoms with van der Waals surface area (Å²) < 4.78 is 0. The van der Waals surface area contributed by atoms with E-state index in [1.165, 1.54) is 38.5 Å². The van der Waals surface area contributed by atoms with E-state index >= 15 is 0 Å². The third-order valence-electron chi connectivity index (χ3n) is 6.19. The first kappa shape index (κ1) is 16.3. The fourth-order valence-corrected chi connectivity index (χ4v) is 5.03. The third-order valence-corrected chi connectivity index (χ3v) is 6.19. The molecule has 2 nitrogen and oxygen atoms in total. The maximum atomic E-state index is 9.73. The lowest BCUT2D eigenvalue weighted by atomic mass is 9.65. The standard InChI is InChI=1S/C18H34O2/c1-3-17(13-5-9-15(19)10-6-13)18(4-2)14-7-11-16(20)12-8-14/h13-20H,3-12H2,1-2H3/t13?,14?,15?,16?,17-,18-/m0/s1. The minimum absolute atomic E-state index is 0.0336. The predicted molar refractivity (Wildman–Crippen MR) is 83.5 cm³/mol. The summed E-state index contributed by atoms with van der Waals surface area (Å²) in [4.78, 5) is 0. The molecule has 0 spiro atoms. The number of aliphatic hydroxyl groups excluding tert-OH is 2. The summed E-state index contributed by atoms with van der Waals surface area (Å²) in [5.41, 5.74) is 0. The zero-order chi connectivity index (χ0) is 14.5. The zero-order valence-electron chi connectivity index (χ0n) is 13.4. The van der Waals surface area contributed by atoms with Gasteiger partial charge in [0, 0.05) is 0 Å². The Kier molecular flexibility index (Phi) is 6.35. The van der Waals surface area contributed by atoms with E-state index in [1.807, 2.05) is 0 Å². The number of hydrogen-bond donors (Lipinski definition) is 2. The van der Waals surface area contributed by atoms with Crippen molar-refractivity contribution in [3.63, 3.8) is 0 Å². The van der Waals surface area contributed by atoms with E-state index in [1.54, 1.807) is 0 Å². The summed E-state index contributed by atoms with van der Waals surface area (Å²) in [6.45, 7) is 4.71. The quantitative estimate of drug-likeness (QED) is 0.795. The third kappa shape index (κ3) is 3.98. The van der Waals surface area contributed by atoms with Crippen molar-refractivity contribution in [2.75, 3.05) is 0 Å². The van der Waals surface area contributed by atoms with Crippen molar-refractivity contribution in [3.05, 3.63) is 0 Å². The molecule has 0 heterocycles. The van der Waals surface area contributed by atoms with Crippen LogP contribution >= 0.6 is 0 Å². The van der Waals surface area contributed by atoms with Gasteiger partial charge in [0.05, 0.1) is 12.2 Å². The minimum atomic E-state index is -0.0336. The van der Waals surface area contributed by atoms with Gasteiger partial charge in [-0.2, -0.15) is 0 Å². The van der Waals surface area contributed by atoms with Crippen molar-refractivity contribution < 1.29 is 10.2 Å². The molecule has 0 saturated heterocycles. The van der Waals surface area contributed by atoms with Gasteiger partial charge in [0.2, 0.25) is 0 Å². The fourth-order valence-electron chi connectivity index (χ4n) is 5.03. The summed E-state index contributed by atoms with van der Waals surface area (Å²) in [5, 5.41) is 19.5. The summed E-state index contributed by atoms with van der Waals surface area (Å²) in [6, 6.07) is 0. The van der Waals surface area contributed by atoms with Gasteiger partial charge in [0.1, 0.15) is 0 Å². The molecule has 2 aliphatic rings. The molecule has 20 heavy (non-hydrogen) atoms. The first-order chi connectivity index (χ1) is 9.65. The van der Waals surface area contributed by atoms with Gasteiger partial charge < -0.3 is 10.2 Å². The number of aliphatic hydroxyl groups is 2. The smallest absolute Gasteiger partial charge is 0.0540 e. The van der Waals surface area contributed by atoms with Crippen LogP contribution in [0.5, 0.6) is 0 Å². The summed E-state index contributed by atoms with van der Waals surface area (Å²) in [5.74, 6) is 3.35. The molecular formula is C18H34O2. The van der Waals surface area contributed by atoms with E-state index in [0.717, 1.165) is 49.4 Å². The lowest BCUT2D eigenvalue weighted by molar-refractivity contribution is 0.0356. The number of hydrogen-bond acceptors (Lipinski definition) is 2. The average molecular weight is 282 g/mol. The zero-order valence-corrected chi connectivity index (χ0v) is 13.4. The van der Waals surface area contributed by atoms with Crippen LogP contribution in [0.25, 0.3) is 0 Å². The molecule has 2 aliphatic carbocycles. The largest absolute Gasteiger partial charge is 0.393 e. The molecule has 0 aliphatic heterocycles. The van der Waals surface area contributed by atoms with Crippen LogP contribution in [0.3, 0.4) is 0 Å². The maximum Gasteiger partial charge on any atom is 0.0540 e. The molecule has 0 radical (unpaired) electrons. The lowest BCUT2D eigenvalue weighted by Gasteiger charge is -2.41. The van der Waals surface area contributed by atoms with Gasteiger partial charge in [-0.1, -0.05) is 26.7 Å². The Bertz CT molecular complexity index is 235. The van der Waals surface area contributed by atoms with Crippen LogP contribution in [0.2, 0.25) is 0 Å². The Balaban J connectivity index is 1.96. The van der Waals surface area contributed by atoms with E-state index in [-0.39, 0.29) is 12.2 Å². The van der Waals surface area contributed by atoms with Crippen molar-refractivity contribution >= 4 is 0 Å². The second-order valence-corrected chi connectivity index (χ2v) is 7.28. The highest BCUT2D eigenvalue weighted by molar-refractivity contribution is 4.86. The first-order valence-electron chi connectivity index (χ1n) is 9.01. The van der Waals surface area contributed by atoms with Gasteiger partial charge >= 0.3 is 0 Å². The highest BCUT2D eigenvalue weighted by atomic mass is 16.3. The Morgan fingerprint density at radius 3 is 1.20 bits per heavy atom. The molecule has 2 atom stereocenters. The van der Waals surface area contributed by atoms with Crippen LogP contribution < -0.4 is 0 Å². The molecule has 2 heteroatoms. The van der Waals surface area contributed by atoms with E-state index in [0.29, 0.717) is 0 Å². The van der Waals surface area contributed by atoms with Crippen LogP contribution in [0.4, 0.5) is 0 Å². The second kappa shape index (κ2) is 7.79. The van der Waals surface area contributed by atoms with E-state index in [4.69, 9.17) is 0 Å². The second-order valence-electron chi connectivity index (χ2n) is 7.28. The highest BCUT2D eigenvalue weighted by Crippen LogP contribution is 2.43. The van der Waals surface area contributed by atoms with Crippen molar-refractivity contribution in [2.24, 2.45) is 23.7 Å². The van der Waals surface area contributed by atoms with Crippen molar-refractivity contribution in [3.8, 4) is 0 Å². The van der Waals surface area contributed by atoms with Crippen molar-refractivity contribution in [1.82, 2.24) is 0 Å². The molecule has 2 fully saturated rings. The monoisotopic (exact) mass is 282 g/mol. The lowest BCUT2D eigenvalue weighted by Crippen LogP contribution is -2.34. The fraction of sp³-hybridized carbons (Fsp3) is 1.00. The molecule has 0 aromatic carbocycles. The van der Waals surface area contributed by atoms with E-state index < -0.39 is 0 Å². The molecule has 2 rings (SSSR count). The molecule has 0 aromatic rings. The Morgan fingerprint density at radius 2 is 0.950 bits per heavy atom.